The van der Waals surface area contributed by atoms with E-state index in [-0.39, 0.29) is 5.69 Å². The van der Waals surface area contributed by atoms with E-state index in [9.17, 15) is 9.67 Å². The van der Waals surface area contributed by atoms with Gasteiger partial charge in [-0.1, -0.05) is 6.07 Å². The minimum absolute atomic E-state index is 0.261. The number of fused-ring (bicyclic) bond motifs is 1. The zero-order chi connectivity index (χ0) is 14.3. The van der Waals surface area contributed by atoms with Crippen molar-refractivity contribution < 1.29 is 29.2 Å². The van der Waals surface area contributed by atoms with Crippen molar-refractivity contribution in [2.75, 3.05) is 0 Å². The molecular formula is C9H12N2O6P2. The Hall–Kier alpha value is -0.850. The molecule has 2 aromatic rings. The topological polar surface area (TPSA) is 136 Å². The van der Waals surface area contributed by atoms with Gasteiger partial charge in [0, 0.05) is 24.5 Å². The van der Waals surface area contributed by atoms with Gasteiger partial charge in [-0.25, -0.2) is 4.98 Å². The Morgan fingerprint density at radius 1 is 1.37 bits per heavy atom. The van der Waals surface area contributed by atoms with Crippen LogP contribution in [0.25, 0.3) is 5.65 Å². The molecule has 0 aliphatic carbocycles. The zero-order valence-corrected chi connectivity index (χ0v) is 11.3. The summed E-state index contributed by atoms with van der Waals surface area (Å²) in [5.74, 6) is 0. The van der Waals surface area contributed by atoms with Crippen LogP contribution in [0.3, 0.4) is 0 Å². The summed E-state index contributed by atoms with van der Waals surface area (Å²) >= 11 is 0. The normalized spacial score (nSPS) is 15.9. The largest absolute Gasteiger partial charge is 0.370 e. The van der Waals surface area contributed by atoms with Gasteiger partial charge < -0.3 is 29.1 Å². The van der Waals surface area contributed by atoms with Crippen LogP contribution in [0.15, 0.2) is 30.6 Å². The first-order valence-corrected chi connectivity index (χ1v) is 7.98. The molecule has 19 heavy (non-hydrogen) atoms. The van der Waals surface area contributed by atoms with Gasteiger partial charge >= 0.3 is 7.60 Å². The highest BCUT2D eigenvalue weighted by atomic mass is 31.2. The molecular weight excluding hydrogens is 294 g/mol. The molecule has 0 saturated carbocycles. The highest BCUT2D eigenvalue weighted by molar-refractivity contribution is 7.69. The van der Waals surface area contributed by atoms with E-state index >= 15 is 0 Å². The third-order valence-electron chi connectivity index (χ3n) is 2.70. The van der Waals surface area contributed by atoms with Gasteiger partial charge in [-0.2, -0.15) is 0 Å². The minimum atomic E-state index is -5.12. The first kappa shape index (κ1) is 14.6. The Balaban J connectivity index is 2.46. The van der Waals surface area contributed by atoms with Crippen LogP contribution in [0, 0.1) is 0 Å². The predicted molar refractivity (Wildman–Crippen MR) is 67.2 cm³/mol. The smallest absolute Gasteiger partial charge is 0.366 e. The monoisotopic (exact) mass is 306 g/mol. The number of aliphatic hydroxyl groups is 1. The highest BCUT2D eigenvalue weighted by Gasteiger charge is 2.52. The highest BCUT2D eigenvalue weighted by Crippen LogP contribution is 2.64. The molecule has 0 bridgehead atoms. The fraction of sp³-hybridized carbons (Fsp3) is 0.222. The Bertz CT molecular complexity index is 638. The summed E-state index contributed by atoms with van der Waals surface area (Å²) < 4.78 is 12.8. The molecule has 2 rings (SSSR count). The van der Waals surface area contributed by atoms with Crippen molar-refractivity contribution in [3.63, 3.8) is 0 Å². The minimum Gasteiger partial charge on any atom is -0.370 e. The van der Waals surface area contributed by atoms with Crippen LogP contribution >= 0.6 is 16.0 Å². The lowest BCUT2D eigenvalue weighted by atomic mass is 10.3. The second kappa shape index (κ2) is 4.92. The molecule has 5 N–H and O–H groups in total. The van der Waals surface area contributed by atoms with E-state index < -0.39 is 27.5 Å². The maximum Gasteiger partial charge on any atom is 0.366 e. The molecule has 1 atom stereocenters. The number of rotatable bonds is 4. The third-order valence-corrected chi connectivity index (χ3v) is 5.91. The van der Waals surface area contributed by atoms with Crippen molar-refractivity contribution in [3.05, 3.63) is 36.3 Å². The fourth-order valence-corrected chi connectivity index (χ4v) is 3.25. The van der Waals surface area contributed by atoms with Crippen molar-refractivity contribution in [1.82, 2.24) is 9.38 Å². The van der Waals surface area contributed by atoms with Crippen LogP contribution < -0.4 is 0 Å². The number of hydrogen-bond acceptors (Lipinski definition) is 5. The van der Waals surface area contributed by atoms with E-state index in [1.165, 1.54) is 10.6 Å². The second-order valence-corrected chi connectivity index (χ2v) is 7.46. The predicted octanol–water partition coefficient (Wildman–Crippen LogP) is -0.00290. The van der Waals surface area contributed by atoms with Gasteiger partial charge in [0.15, 0.2) is 0 Å². The van der Waals surface area contributed by atoms with Crippen LogP contribution in [0.2, 0.25) is 0 Å². The van der Waals surface area contributed by atoms with Crippen LogP contribution in [0.4, 0.5) is 0 Å². The molecule has 1 unspecified atom stereocenters. The van der Waals surface area contributed by atoms with Crippen molar-refractivity contribution in [3.8, 4) is 0 Å². The molecule has 0 amide bonds. The summed E-state index contributed by atoms with van der Waals surface area (Å²) in [6.07, 6.45) is 2.28. The van der Waals surface area contributed by atoms with Gasteiger partial charge in [0.05, 0.1) is 0 Å². The first-order chi connectivity index (χ1) is 8.75. The molecule has 0 saturated heterocycles. The maximum absolute atomic E-state index is 11.3. The van der Waals surface area contributed by atoms with E-state index in [2.05, 4.69) is 4.98 Å². The zero-order valence-electron chi connectivity index (χ0n) is 9.53. The van der Waals surface area contributed by atoms with E-state index in [0.717, 1.165) is 0 Å². The summed E-state index contributed by atoms with van der Waals surface area (Å²) in [6, 6.07) is 5.07. The Morgan fingerprint density at radius 3 is 2.63 bits per heavy atom. The molecule has 2 heterocycles. The average Bonchev–Trinajstić information content (AvgIpc) is 2.71. The summed E-state index contributed by atoms with van der Waals surface area (Å²) in [5.41, 5.74) is 0.780. The quantitative estimate of drug-likeness (QED) is 0.501. The maximum atomic E-state index is 11.3. The van der Waals surface area contributed by atoms with Crippen LogP contribution in [0.5, 0.6) is 0 Å². The van der Waals surface area contributed by atoms with Gasteiger partial charge in [-0.15, -0.1) is 0 Å². The molecule has 2 aromatic heterocycles. The van der Waals surface area contributed by atoms with Crippen molar-refractivity contribution >= 4 is 21.6 Å². The van der Waals surface area contributed by atoms with Crippen LogP contribution in [-0.2, 0) is 11.0 Å². The number of imidazole rings is 1. The van der Waals surface area contributed by atoms with E-state index in [1.807, 2.05) is 0 Å². The number of pyridine rings is 1. The van der Waals surface area contributed by atoms with Gasteiger partial charge in [0.1, 0.15) is 5.65 Å². The van der Waals surface area contributed by atoms with Crippen LogP contribution in [-0.4, -0.2) is 39.1 Å². The Morgan fingerprint density at radius 2 is 2.05 bits per heavy atom. The van der Waals surface area contributed by atoms with Gasteiger partial charge in [-0.05, 0) is 12.1 Å². The Labute approximate surface area is 109 Å². The fourth-order valence-electron chi connectivity index (χ4n) is 1.65. The third kappa shape index (κ3) is 2.57. The van der Waals surface area contributed by atoms with E-state index in [4.69, 9.17) is 19.6 Å². The molecule has 8 nitrogen and oxygen atoms in total. The van der Waals surface area contributed by atoms with Crippen molar-refractivity contribution in [2.24, 2.45) is 0 Å². The molecule has 0 radical (unpaired) electrons. The molecule has 0 spiro atoms. The summed E-state index contributed by atoms with van der Waals surface area (Å²) in [4.78, 5) is 40.5. The molecule has 10 heteroatoms. The van der Waals surface area contributed by atoms with Gasteiger partial charge in [0.25, 0.3) is 0 Å². The molecule has 0 aromatic carbocycles. The lowest BCUT2D eigenvalue weighted by Crippen LogP contribution is -2.29. The molecule has 0 aliphatic rings. The summed E-state index contributed by atoms with van der Waals surface area (Å²) in [6.45, 7) is 0. The number of nitrogens with zero attached hydrogens (tertiary/aromatic N) is 2. The molecule has 0 fully saturated rings. The van der Waals surface area contributed by atoms with Crippen LogP contribution in [0.1, 0.15) is 5.69 Å². The molecule has 0 aliphatic heterocycles. The summed E-state index contributed by atoms with van der Waals surface area (Å²) in [5, 5.41) is 6.97. The average molecular weight is 306 g/mol. The standard InChI is InChI=1S/C9H12N2O6P2/c12-9(18(13)14,19(15,16)17)5-7-6-10-8-3-1-2-4-11(7)8/h1-4,6,12-14H,5H2,(H2,15,16,17). The van der Waals surface area contributed by atoms with E-state index in [0.29, 0.717) is 5.65 Å². The second-order valence-electron chi connectivity index (χ2n) is 3.96. The van der Waals surface area contributed by atoms with Crippen molar-refractivity contribution in [1.29, 1.82) is 0 Å². The lowest BCUT2D eigenvalue weighted by Gasteiger charge is -2.28. The molecule has 104 valence electrons. The van der Waals surface area contributed by atoms with Gasteiger partial charge in [-0.3, -0.25) is 4.57 Å². The van der Waals surface area contributed by atoms with E-state index in [1.54, 1.807) is 24.4 Å². The Kier molecular flexibility index (Phi) is 3.77. The lowest BCUT2D eigenvalue weighted by molar-refractivity contribution is 0.146. The first-order valence-electron chi connectivity index (χ1n) is 5.13. The summed E-state index contributed by atoms with van der Waals surface area (Å²) in [7, 11) is -8.36. The SMILES string of the molecule is O=P(O)(O)C(O)(Cc1cnc2ccccn12)P(O)O. The number of aromatic nitrogens is 2. The van der Waals surface area contributed by atoms with Gasteiger partial charge in [0.2, 0.25) is 13.5 Å². The van der Waals surface area contributed by atoms with Crippen molar-refractivity contribution in [2.45, 2.75) is 11.5 Å². The number of hydrogen-bond donors (Lipinski definition) is 5.